The largest absolute Gasteiger partial charge is 0.508 e. The first-order valence-electron chi connectivity index (χ1n) is 6.52. The Hall–Kier alpha value is -2.01. The van der Waals surface area contributed by atoms with Gasteiger partial charge in [-0.3, -0.25) is 4.40 Å². The molecule has 0 fully saturated rings. The van der Waals surface area contributed by atoms with Gasteiger partial charge in [0.2, 0.25) is 0 Å². The van der Waals surface area contributed by atoms with Crippen molar-refractivity contribution in [1.82, 2.24) is 9.38 Å². The first kappa shape index (κ1) is 13.0. The molecule has 0 spiro atoms. The molecule has 104 valence electrons. The number of nitrogens with zero attached hydrogens (tertiary/aromatic N) is 2. The van der Waals surface area contributed by atoms with Crippen molar-refractivity contribution in [1.29, 1.82) is 0 Å². The van der Waals surface area contributed by atoms with E-state index in [9.17, 15) is 5.11 Å². The summed E-state index contributed by atoms with van der Waals surface area (Å²) in [6, 6.07) is 5.36. The molecule has 0 unspecified atom stereocenters. The average Bonchev–Trinajstić information content (AvgIpc) is 2.89. The highest BCUT2D eigenvalue weighted by atomic mass is 32.1. The van der Waals surface area contributed by atoms with Crippen LogP contribution >= 0.6 is 11.3 Å². The van der Waals surface area contributed by atoms with E-state index in [1.165, 1.54) is 11.4 Å². The monoisotopic (exact) mass is 287 g/mol. The van der Waals surface area contributed by atoms with E-state index in [-0.39, 0.29) is 0 Å². The third kappa shape index (κ3) is 2.14. The lowest BCUT2D eigenvalue weighted by atomic mass is 10.2. The SMILES string of the molecule is Cc1cc(O)ccc1NCc1c(C)nc2scc(C)n12. The lowest BCUT2D eigenvalue weighted by Crippen LogP contribution is -2.05. The maximum absolute atomic E-state index is 9.44. The van der Waals surface area contributed by atoms with Crippen molar-refractivity contribution in [3.8, 4) is 5.75 Å². The molecule has 2 aromatic heterocycles. The van der Waals surface area contributed by atoms with Gasteiger partial charge in [-0.05, 0) is 44.5 Å². The summed E-state index contributed by atoms with van der Waals surface area (Å²) in [6.07, 6.45) is 0. The number of imidazole rings is 1. The van der Waals surface area contributed by atoms with Crippen molar-refractivity contribution >= 4 is 22.0 Å². The second-order valence-electron chi connectivity index (χ2n) is 4.99. The molecule has 0 saturated carbocycles. The van der Waals surface area contributed by atoms with Gasteiger partial charge in [0.1, 0.15) is 5.75 Å². The van der Waals surface area contributed by atoms with Crippen LogP contribution in [-0.2, 0) is 6.54 Å². The van der Waals surface area contributed by atoms with E-state index in [2.05, 4.69) is 27.0 Å². The zero-order chi connectivity index (χ0) is 14.3. The number of phenolic OH excluding ortho intramolecular Hbond substituents is 1. The number of phenols is 1. The maximum atomic E-state index is 9.44. The summed E-state index contributed by atoms with van der Waals surface area (Å²) in [4.78, 5) is 5.63. The molecule has 5 heteroatoms. The molecule has 1 aromatic carbocycles. The lowest BCUT2D eigenvalue weighted by Gasteiger charge is -2.10. The van der Waals surface area contributed by atoms with Crippen LogP contribution in [0.2, 0.25) is 0 Å². The first-order valence-corrected chi connectivity index (χ1v) is 7.39. The molecule has 2 heterocycles. The Morgan fingerprint density at radius 2 is 2.10 bits per heavy atom. The van der Waals surface area contributed by atoms with Gasteiger partial charge in [-0.1, -0.05) is 0 Å². The van der Waals surface area contributed by atoms with Crippen LogP contribution in [-0.4, -0.2) is 14.5 Å². The van der Waals surface area contributed by atoms with Gasteiger partial charge in [0, 0.05) is 16.8 Å². The second kappa shape index (κ2) is 4.83. The number of aromatic nitrogens is 2. The Labute approximate surface area is 121 Å². The molecule has 0 atom stereocenters. The van der Waals surface area contributed by atoms with Gasteiger partial charge in [0.25, 0.3) is 0 Å². The Balaban J connectivity index is 1.90. The van der Waals surface area contributed by atoms with E-state index >= 15 is 0 Å². The topological polar surface area (TPSA) is 49.6 Å². The van der Waals surface area contributed by atoms with E-state index in [1.807, 2.05) is 19.9 Å². The summed E-state index contributed by atoms with van der Waals surface area (Å²) in [6.45, 7) is 6.84. The fraction of sp³-hybridized carbons (Fsp3) is 0.267. The summed E-state index contributed by atoms with van der Waals surface area (Å²) in [5.74, 6) is 0.296. The average molecular weight is 287 g/mol. The molecule has 0 bridgehead atoms. The summed E-state index contributed by atoms with van der Waals surface area (Å²) in [5.41, 5.74) is 5.52. The third-order valence-corrected chi connectivity index (χ3v) is 4.43. The molecule has 2 N–H and O–H groups in total. The van der Waals surface area contributed by atoms with E-state index < -0.39 is 0 Å². The molecule has 3 aromatic rings. The number of hydrogen-bond donors (Lipinski definition) is 2. The minimum Gasteiger partial charge on any atom is -0.508 e. The van der Waals surface area contributed by atoms with Crippen molar-refractivity contribution in [2.45, 2.75) is 27.3 Å². The fourth-order valence-corrected chi connectivity index (χ4v) is 3.33. The molecular weight excluding hydrogens is 270 g/mol. The molecule has 0 saturated heterocycles. The minimum atomic E-state index is 0.296. The lowest BCUT2D eigenvalue weighted by molar-refractivity contribution is 0.475. The van der Waals surface area contributed by atoms with Crippen LogP contribution in [0, 0.1) is 20.8 Å². The van der Waals surface area contributed by atoms with Crippen LogP contribution in [0.5, 0.6) is 5.75 Å². The van der Waals surface area contributed by atoms with Crippen molar-refractivity contribution in [2.24, 2.45) is 0 Å². The zero-order valence-corrected chi connectivity index (χ0v) is 12.6. The minimum absolute atomic E-state index is 0.296. The van der Waals surface area contributed by atoms with Crippen molar-refractivity contribution in [2.75, 3.05) is 5.32 Å². The predicted octanol–water partition coefficient (Wildman–Crippen LogP) is 3.64. The van der Waals surface area contributed by atoms with Crippen LogP contribution in [0.1, 0.15) is 22.6 Å². The summed E-state index contributed by atoms with van der Waals surface area (Å²) < 4.78 is 2.20. The molecule has 0 radical (unpaired) electrons. The van der Waals surface area contributed by atoms with Gasteiger partial charge in [-0.2, -0.15) is 0 Å². The first-order chi connectivity index (χ1) is 9.56. The number of aromatic hydroxyl groups is 1. The fourth-order valence-electron chi connectivity index (χ4n) is 2.40. The van der Waals surface area contributed by atoms with Crippen LogP contribution in [0.4, 0.5) is 5.69 Å². The van der Waals surface area contributed by atoms with Gasteiger partial charge in [-0.25, -0.2) is 4.98 Å². The van der Waals surface area contributed by atoms with Gasteiger partial charge in [0.05, 0.1) is 17.9 Å². The van der Waals surface area contributed by atoms with Gasteiger partial charge in [-0.15, -0.1) is 11.3 Å². The standard InChI is InChI=1S/C15H17N3OS/c1-9-6-12(19)4-5-13(9)16-7-14-11(3)17-15-18(14)10(2)8-20-15/h4-6,8,16,19H,7H2,1-3H3. The molecule has 4 nitrogen and oxygen atoms in total. The number of rotatable bonds is 3. The molecule has 0 aliphatic rings. The number of fused-ring (bicyclic) bond motifs is 1. The highest BCUT2D eigenvalue weighted by molar-refractivity contribution is 7.15. The summed E-state index contributed by atoms with van der Waals surface area (Å²) >= 11 is 1.67. The number of hydrogen-bond acceptors (Lipinski definition) is 4. The van der Waals surface area contributed by atoms with Gasteiger partial charge in [0.15, 0.2) is 4.96 Å². The Kier molecular flexibility index (Phi) is 3.14. The predicted molar refractivity (Wildman–Crippen MR) is 82.7 cm³/mol. The number of aryl methyl sites for hydroxylation is 3. The van der Waals surface area contributed by atoms with E-state index in [1.54, 1.807) is 23.5 Å². The van der Waals surface area contributed by atoms with Crippen LogP contribution in [0.3, 0.4) is 0 Å². The Morgan fingerprint density at radius 3 is 2.85 bits per heavy atom. The number of anilines is 1. The van der Waals surface area contributed by atoms with Crippen LogP contribution in [0.15, 0.2) is 23.6 Å². The molecule has 20 heavy (non-hydrogen) atoms. The highest BCUT2D eigenvalue weighted by Crippen LogP contribution is 2.23. The Bertz CT molecular complexity index is 773. The molecular formula is C15H17N3OS. The molecule has 0 amide bonds. The molecule has 0 aliphatic heterocycles. The van der Waals surface area contributed by atoms with E-state index in [4.69, 9.17) is 0 Å². The van der Waals surface area contributed by atoms with Crippen molar-refractivity contribution < 1.29 is 5.11 Å². The number of thiazole rings is 1. The number of nitrogens with one attached hydrogen (secondary N) is 1. The molecule has 3 rings (SSSR count). The third-order valence-electron chi connectivity index (χ3n) is 3.49. The van der Waals surface area contributed by atoms with Crippen molar-refractivity contribution in [3.63, 3.8) is 0 Å². The van der Waals surface area contributed by atoms with Gasteiger partial charge < -0.3 is 10.4 Å². The summed E-state index contributed by atoms with van der Waals surface area (Å²) in [5, 5.41) is 15.0. The van der Waals surface area contributed by atoms with Crippen molar-refractivity contribution in [3.05, 3.63) is 46.2 Å². The smallest absolute Gasteiger partial charge is 0.194 e. The quantitative estimate of drug-likeness (QED) is 0.723. The normalized spacial score (nSPS) is 11.2. The van der Waals surface area contributed by atoms with Gasteiger partial charge >= 0.3 is 0 Å². The maximum Gasteiger partial charge on any atom is 0.194 e. The van der Waals surface area contributed by atoms with Crippen LogP contribution < -0.4 is 5.32 Å². The Morgan fingerprint density at radius 1 is 1.30 bits per heavy atom. The van der Waals surface area contributed by atoms with E-state index in [0.717, 1.165) is 28.5 Å². The zero-order valence-electron chi connectivity index (χ0n) is 11.8. The van der Waals surface area contributed by atoms with E-state index in [0.29, 0.717) is 5.75 Å². The number of benzene rings is 1. The highest BCUT2D eigenvalue weighted by Gasteiger charge is 2.12. The van der Waals surface area contributed by atoms with Crippen LogP contribution in [0.25, 0.3) is 4.96 Å². The molecule has 0 aliphatic carbocycles. The second-order valence-corrected chi connectivity index (χ2v) is 5.83. The summed E-state index contributed by atoms with van der Waals surface area (Å²) in [7, 11) is 0.